The predicted molar refractivity (Wildman–Crippen MR) is 87.0 cm³/mol. The second-order valence-corrected chi connectivity index (χ2v) is 7.25. The van der Waals surface area contributed by atoms with E-state index in [4.69, 9.17) is 0 Å². The highest BCUT2D eigenvalue weighted by Gasteiger charge is 2.15. The third-order valence-corrected chi connectivity index (χ3v) is 5.61. The molecule has 0 aromatic rings. The quantitative estimate of drug-likeness (QED) is 0.616. The lowest BCUT2D eigenvalue weighted by Crippen LogP contribution is -2.31. The minimum atomic E-state index is -0.156. The van der Waals surface area contributed by atoms with Crippen molar-refractivity contribution >= 4 is 11.8 Å². The van der Waals surface area contributed by atoms with Crippen LogP contribution in [-0.4, -0.2) is 46.7 Å². The van der Waals surface area contributed by atoms with Crippen molar-refractivity contribution in [1.29, 1.82) is 0 Å². The first kappa shape index (κ1) is 17.3. The molecule has 3 heteroatoms. The van der Waals surface area contributed by atoms with Crippen molar-refractivity contribution < 1.29 is 5.11 Å². The van der Waals surface area contributed by atoms with Crippen molar-refractivity contribution in [3.05, 3.63) is 0 Å². The van der Waals surface area contributed by atoms with Gasteiger partial charge in [0.2, 0.25) is 0 Å². The molecule has 0 saturated carbocycles. The third-order valence-electron chi connectivity index (χ3n) is 4.03. The van der Waals surface area contributed by atoms with Crippen LogP contribution in [0.3, 0.4) is 0 Å². The molecule has 0 aromatic carbocycles. The molecule has 0 aromatic heterocycles. The normalized spacial score (nSPS) is 20.4. The standard InChI is InChI=1S/C16H33NOS/c1-3-4-6-10-16(15(2)18)19-14-9-13-17-11-7-5-8-12-17/h15-16,18H,3-14H2,1-2H3. The molecule has 1 fully saturated rings. The van der Waals surface area contributed by atoms with Crippen molar-refractivity contribution in [1.82, 2.24) is 4.90 Å². The number of rotatable bonds is 10. The van der Waals surface area contributed by atoms with E-state index < -0.39 is 0 Å². The van der Waals surface area contributed by atoms with Gasteiger partial charge >= 0.3 is 0 Å². The molecule has 0 bridgehead atoms. The Morgan fingerprint density at radius 3 is 2.47 bits per heavy atom. The molecule has 0 aliphatic carbocycles. The summed E-state index contributed by atoms with van der Waals surface area (Å²) in [4.78, 5) is 2.61. The van der Waals surface area contributed by atoms with E-state index in [0.717, 1.165) is 0 Å². The van der Waals surface area contributed by atoms with Gasteiger partial charge in [-0.3, -0.25) is 0 Å². The van der Waals surface area contributed by atoms with Crippen LogP contribution >= 0.6 is 11.8 Å². The Morgan fingerprint density at radius 2 is 1.84 bits per heavy atom. The number of aliphatic hydroxyl groups is 1. The minimum absolute atomic E-state index is 0.156. The van der Waals surface area contributed by atoms with Crippen LogP contribution in [0.1, 0.15) is 65.2 Å². The van der Waals surface area contributed by atoms with Gasteiger partial charge in [-0.15, -0.1) is 0 Å². The van der Waals surface area contributed by atoms with Gasteiger partial charge in [0, 0.05) is 5.25 Å². The van der Waals surface area contributed by atoms with E-state index in [2.05, 4.69) is 11.8 Å². The summed E-state index contributed by atoms with van der Waals surface area (Å²) < 4.78 is 0. The molecule has 1 N–H and O–H groups in total. The molecule has 1 heterocycles. The van der Waals surface area contributed by atoms with Gasteiger partial charge in [0.25, 0.3) is 0 Å². The van der Waals surface area contributed by atoms with E-state index in [1.807, 2.05) is 18.7 Å². The van der Waals surface area contributed by atoms with E-state index in [1.165, 1.54) is 76.8 Å². The Balaban J connectivity index is 2.06. The average Bonchev–Trinajstić information content (AvgIpc) is 2.42. The Morgan fingerprint density at radius 1 is 1.11 bits per heavy atom. The topological polar surface area (TPSA) is 23.5 Å². The predicted octanol–water partition coefficient (Wildman–Crippen LogP) is 3.93. The van der Waals surface area contributed by atoms with Crippen LogP contribution in [-0.2, 0) is 0 Å². The van der Waals surface area contributed by atoms with Crippen molar-refractivity contribution in [2.24, 2.45) is 0 Å². The molecule has 0 amide bonds. The third kappa shape index (κ3) is 8.21. The molecule has 1 saturated heterocycles. The first-order chi connectivity index (χ1) is 9.24. The second-order valence-electron chi connectivity index (χ2n) is 5.90. The van der Waals surface area contributed by atoms with Gasteiger partial charge in [-0.2, -0.15) is 11.8 Å². The van der Waals surface area contributed by atoms with E-state index in [-0.39, 0.29) is 6.10 Å². The van der Waals surface area contributed by atoms with Crippen LogP contribution in [0.4, 0.5) is 0 Å². The van der Waals surface area contributed by atoms with Crippen molar-refractivity contribution in [2.75, 3.05) is 25.4 Å². The maximum Gasteiger partial charge on any atom is 0.0630 e. The zero-order chi connectivity index (χ0) is 13.9. The van der Waals surface area contributed by atoms with E-state index in [1.54, 1.807) is 0 Å². The van der Waals surface area contributed by atoms with Crippen LogP contribution in [0.2, 0.25) is 0 Å². The fourth-order valence-corrected chi connectivity index (χ4v) is 3.98. The van der Waals surface area contributed by atoms with Gasteiger partial charge in [0.05, 0.1) is 6.10 Å². The van der Waals surface area contributed by atoms with Crippen LogP contribution < -0.4 is 0 Å². The largest absolute Gasteiger partial charge is 0.392 e. The number of aliphatic hydroxyl groups excluding tert-OH is 1. The lowest BCUT2D eigenvalue weighted by atomic mass is 10.1. The maximum atomic E-state index is 9.83. The molecule has 114 valence electrons. The molecule has 0 radical (unpaired) electrons. The first-order valence-corrected chi connectivity index (χ1v) is 9.31. The first-order valence-electron chi connectivity index (χ1n) is 8.26. The van der Waals surface area contributed by atoms with Gasteiger partial charge in [0.15, 0.2) is 0 Å². The van der Waals surface area contributed by atoms with Gasteiger partial charge in [-0.1, -0.05) is 32.6 Å². The van der Waals surface area contributed by atoms with Crippen molar-refractivity contribution in [3.63, 3.8) is 0 Å². The smallest absolute Gasteiger partial charge is 0.0630 e. The zero-order valence-corrected chi connectivity index (χ0v) is 13.8. The SMILES string of the molecule is CCCCCC(SCCCN1CCCCC1)C(C)O. The summed E-state index contributed by atoms with van der Waals surface area (Å²) >= 11 is 1.99. The Hall–Kier alpha value is 0.270. The number of hydrogen-bond donors (Lipinski definition) is 1. The molecule has 1 aliphatic rings. The molecule has 1 rings (SSSR count). The van der Waals surface area contributed by atoms with E-state index >= 15 is 0 Å². The fourth-order valence-electron chi connectivity index (χ4n) is 2.77. The molecule has 19 heavy (non-hydrogen) atoms. The van der Waals surface area contributed by atoms with E-state index in [9.17, 15) is 5.11 Å². The maximum absolute atomic E-state index is 9.83. The molecule has 2 nitrogen and oxygen atoms in total. The molecule has 2 atom stereocenters. The van der Waals surface area contributed by atoms with Crippen molar-refractivity contribution in [2.45, 2.75) is 76.6 Å². The zero-order valence-electron chi connectivity index (χ0n) is 12.9. The number of thioether (sulfide) groups is 1. The molecular formula is C16H33NOS. The fraction of sp³-hybridized carbons (Fsp3) is 1.00. The number of unbranched alkanes of at least 4 members (excludes halogenated alkanes) is 2. The molecular weight excluding hydrogens is 254 g/mol. The summed E-state index contributed by atoms with van der Waals surface area (Å²) in [5, 5.41) is 10.3. The van der Waals surface area contributed by atoms with Gasteiger partial charge < -0.3 is 10.0 Å². The minimum Gasteiger partial charge on any atom is -0.392 e. The summed E-state index contributed by atoms with van der Waals surface area (Å²) in [6.07, 6.45) is 10.3. The number of piperidine rings is 1. The van der Waals surface area contributed by atoms with Crippen LogP contribution in [0.5, 0.6) is 0 Å². The second kappa shape index (κ2) is 11.0. The summed E-state index contributed by atoms with van der Waals surface area (Å²) in [5.41, 5.74) is 0. The number of likely N-dealkylation sites (tertiary alicyclic amines) is 1. The molecule has 1 aliphatic heterocycles. The summed E-state index contributed by atoms with van der Waals surface area (Å²) in [5.74, 6) is 1.21. The van der Waals surface area contributed by atoms with Crippen LogP contribution in [0, 0.1) is 0 Å². The monoisotopic (exact) mass is 287 g/mol. The van der Waals surface area contributed by atoms with Gasteiger partial charge in [0.1, 0.15) is 0 Å². The van der Waals surface area contributed by atoms with Crippen LogP contribution in [0.25, 0.3) is 0 Å². The van der Waals surface area contributed by atoms with Gasteiger partial charge in [-0.05, 0) is 58.0 Å². The highest BCUT2D eigenvalue weighted by atomic mass is 32.2. The Labute approximate surface area is 124 Å². The summed E-state index contributed by atoms with van der Waals surface area (Å²) in [7, 11) is 0. The van der Waals surface area contributed by atoms with Crippen LogP contribution in [0.15, 0.2) is 0 Å². The number of nitrogens with zero attached hydrogens (tertiary/aromatic N) is 1. The number of hydrogen-bond acceptors (Lipinski definition) is 3. The summed E-state index contributed by atoms with van der Waals surface area (Å²) in [6, 6.07) is 0. The lowest BCUT2D eigenvalue weighted by Gasteiger charge is -2.26. The highest BCUT2D eigenvalue weighted by molar-refractivity contribution is 7.99. The average molecular weight is 288 g/mol. The Kier molecular flexibility index (Phi) is 10.0. The lowest BCUT2D eigenvalue weighted by molar-refractivity contribution is 0.186. The van der Waals surface area contributed by atoms with Gasteiger partial charge in [-0.25, -0.2) is 0 Å². The molecule has 0 spiro atoms. The van der Waals surface area contributed by atoms with Crippen molar-refractivity contribution in [3.8, 4) is 0 Å². The highest BCUT2D eigenvalue weighted by Crippen LogP contribution is 2.22. The molecule has 2 unspecified atom stereocenters. The Bertz CT molecular complexity index is 205. The van der Waals surface area contributed by atoms with E-state index in [0.29, 0.717) is 5.25 Å². The summed E-state index contributed by atoms with van der Waals surface area (Å²) in [6.45, 7) is 8.06.